The van der Waals surface area contributed by atoms with Crippen LogP contribution < -0.4 is 10.4 Å². The van der Waals surface area contributed by atoms with Gasteiger partial charge in [-0.25, -0.2) is 0 Å². The molecule has 0 aliphatic rings. The van der Waals surface area contributed by atoms with Crippen molar-refractivity contribution in [2.75, 3.05) is 7.11 Å². The van der Waals surface area contributed by atoms with E-state index in [9.17, 15) is 4.79 Å². The van der Waals surface area contributed by atoms with Gasteiger partial charge in [0.1, 0.15) is 7.11 Å². The maximum atomic E-state index is 12.4. The van der Waals surface area contributed by atoms with Gasteiger partial charge < -0.3 is 4.84 Å². The molecule has 3 heteroatoms. The van der Waals surface area contributed by atoms with Crippen LogP contribution in [0.25, 0.3) is 21.7 Å². The van der Waals surface area contributed by atoms with Crippen LogP contribution in [0.1, 0.15) is 5.56 Å². The van der Waals surface area contributed by atoms with Gasteiger partial charge >= 0.3 is 0 Å². The van der Waals surface area contributed by atoms with Gasteiger partial charge in [0.25, 0.3) is 5.56 Å². The van der Waals surface area contributed by atoms with E-state index in [0.29, 0.717) is 0 Å². The number of nitrogens with zero attached hydrogens (tertiary/aromatic N) is 1. The fourth-order valence-electron chi connectivity index (χ4n) is 2.45. The first-order valence-corrected chi connectivity index (χ1v) is 5.81. The van der Waals surface area contributed by atoms with E-state index in [-0.39, 0.29) is 5.56 Å². The highest BCUT2D eigenvalue weighted by Crippen LogP contribution is 2.23. The molecule has 1 heterocycles. The van der Waals surface area contributed by atoms with Crippen LogP contribution in [0.2, 0.25) is 0 Å². The topological polar surface area (TPSA) is 31.2 Å². The van der Waals surface area contributed by atoms with Gasteiger partial charge in [-0.1, -0.05) is 36.4 Å². The lowest BCUT2D eigenvalue weighted by Gasteiger charge is -2.12. The first kappa shape index (κ1) is 10.8. The van der Waals surface area contributed by atoms with Crippen molar-refractivity contribution in [3.05, 3.63) is 58.4 Å². The van der Waals surface area contributed by atoms with E-state index in [1.165, 1.54) is 11.8 Å². The van der Waals surface area contributed by atoms with Crippen LogP contribution in [-0.4, -0.2) is 11.8 Å². The monoisotopic (exact) mass is 239 g/mol. The minimum atomic E-state index is -0.107. The predicted octanol–water partition coefficient (Wildman–Crippen LogP) is 2.52. The minimum Gasteiger partial charge on any atom is -0.413 e. The highest BCUT2D eigenvalue weighted by Gasteiger charge is 2.11. The van der Waals surface area contributed by atoms with Gasteiger partial charge in [-0.3, -0.25) is 4.79 Å². The van der Waals surface area contributed by atoms with Crippen molar-refractivity contribution in [3.63, 3.8) is 0 Å². The molecule has 0 spiro atoms. The van der Waals surface area contributed by atoms with Crippen molar-refractivity contribution in [1.29, 1.82) is 0 Å². The van der Waals surface area contributed by atoms with E-state index in [0.717, 1.165) is 27.2 Å². The fourth-order valence-corrected chi connectivity index (χ4v) is 2.45. The van der Waals surface area contributed by atoms with Crippen molar-refractivity contribution >= 4 is 21.7 Å². The second-order valence-electron chi connectivity index (χ2n) is 4.30. The third-order valence-electron chi connectivity index (χ3n) is 3.27. The van der Waals surface area contributed by atoms with Crippen molar-refractivity contribution in [2.24, 2.45) is 0 Å². The lowest BCUT2D eigenvalue weighted by atomic mass is 10.0. The van der Waals surface area contributed by atoms with E-state index in [1.54, 1.807) is 0 Å². The second kappa shape index (κ2) is 3.88. The molecule has 1 aromatic heterocycles. The molecule has 0 bridgehead atoms. The zero-order chi connectivity index (χ0) is 12.7. The van der Waals surface area contributed by atoms with E-state index in [4.69, 9.17) is 4.84 Å². The summed E-state index contributed by atoms with van der Waals surface area (Å²) in [6.45, 7) is 1.94. The predicted molar refractivity (Wildman–Crippen MR) is 73.0 cm³/mol. The third kappa shape index (κ3) is 1.34. The summed E-state index contributed by atoms with van der Waals surface area (Å²) in [5.74, 6) is 0. The Morgan fingerprint density at radius 1 is 1.00 bits per heavy atom. The molecule has 0 aliphatic heterocycles. The lowest BCUT2D eigenvalue weighted by molar-refractivity contribution is 0.170. The number of pyridine rings is 1. The summed E-state index contributed by atoms with van der Waals surface area (Å²) >= 11 is 0. The normalized spacial score (nSPS) is 11.0. The second-order valence-corrected chi connectivity index (χ2v) is 4.30. The quantitative estimate of drug-likeness (QED) is 0.611. The van der Waals surface area contributed by atoms with Crippen LogP contribution in [0.4, 0.5) is 0 Å². The minimum absolute atomic E-state index is 0.107. The van der Waals surface area contributed by atoms with Gasteiger partial charge in [0.05, 0.1) is 10.9 Å². The summed E-state index contributed by atoms with van der Waals surface area (Å²) in [6, 6.07) is 13.7. The Kier molecular flexibility index (Phi) is 2.33. The largest absolute Gasteiger partial charge is 0.413 e. The molecule has 0 atom stereocenters. The van der Waals surface area contributed by atoms with Gasteiger partial charge in [0.15, 0.2) is 0 Å². The van der Waals surface area contributed by atoms with Crippen LogP contribution in [0.15, 0.2) is 47.3 Å². The third-order valence-corrected chi connectivity index (χ3v) is 3.27. The maximum Gasteiger partial charge on any atom is 0.291 e. The Labute approximate surface area is 104 Å². The standard InChI is InChI=1S/C15H13NO2/c1-10-6-5-8-12-11-7-3-4-9-13(11)16(18-2)15(17)14(10)12/h3-9H,1-2H3. The molecule has 3 nitrogen and oxygen atoms in total. The zero-order valence-electron chi connectivity index (χ0n) is 10.3. The number of para-hydroxylation sites is 1. The number of aryl methyl sites for hydroxylation is 1. The first-order valence-electron chi connectivity index (χ1n) is 5.81. The van der Waals surface area contributed by atoms with Crippen LogP contribution in [0, 0.1) is 6.92 Å². The van der Waals surface area contributed by atoms with E-state index >= 15 is 0 Å². The highest BCUT2D eigenvalue weighted by molar-refractivity contribution is 6.06. The Hall–Kier alpha value is -2.29. The summed E-state index contributed by atoms with van der Waals surface area (Å²) in [5.41, 5.74) is 1.65. The SMILES string of the molecule is COn1c(=O)c2c(C)cccc2c2ccccc21. The summed E-state index contributed by atoms with van der Waals surface area (Å²) in [7, 11) is 1.51. The van der Waals surface area contributed by atoms with E-state index in [2.05, 4.69) is 0 Å². The number of fused-ring (bicyclic) bond motifs is 3. The molecule has 0 saturated heterocycles. The average molecular weight is 239 g/mol. The lowest BCUT2D eigenvalue weighted by Crippen LogP contribution is -2.25. The summed E-state index contributed by atoms with van der Waals surface area (Å²) in [5, 5.41) is 2.72. The van der Waals surface area contributed by atoms with Crippen LogP contribution in [0.5, 0.6) is 0 Å². The number of benzene rings is 2. The van der Waals surface area contributed by atoms with Crippen molar-refractivity contribution in [3.8, 4) is 0 Å². The highest BCUT2D eigenvalue weighted by atomic mass is 16.6. The van der Waals surface area contributed by atoms with Gasteiger partial charge in [0.2, 0.25) is 0 Å². The zero-order valence-corrected chi connectivity index (χ0v) is 10.3. The van der Waals surface area contributed by atoms with E-state index < -0.39 is 0 Å². The molecular formula is C15H13NO2. The number of aromatic nitrogens is 1. The number of hydrogen-bond acceptors (Lipinski definition) is 2. The Morgan fingerprint density at radius 3 is 2.50 bits per heavy atom. The number of hydrogen-bond donors (Lipinski definition) is 0. The molecular weight excluding hydrogens is 226 g/mol. The van der Waals surface area contributed by atoms with Crippen LogP contribution >= 0.6 is 0 Å². The molecule has 2 aromatic carbocycles. The number of rotatable bonds is 1. The van der Waals surface area contributed by atoms with Crippen molar-refractivity contribution in [1.82, 2.24) is 4.73 Å². The average Bonchev–Trinajstić information content (AvgIpc) is 2.39. The molecule has 0 saturated carbocycles. The Balaban J connectivity index is 2.71. The summed E-state index contributed by atoms with van der Waals surface area (Å²) in [4.78, 5) is 17.7. The van der Waals surface area contributed by atoms with Crippen molar-refractivity contribution in [2.45, 2.75) is 6.92 Å². The fraction of sp³-hybridized carbons (Fsp3) is 0.133. The molecule has 0 fully saturated rings. The maximum absolute atomic E-state index is 12.4. The smallest absolute Gasteiger partial charge is 0.291 e. The molecule has 90 valence electrons. The first-order chi connectivity index (χ1) is 8.74. The van der Waals surface area contributed by atoms with Gasteiger partial charge in [0, 0.05) is 5.39 Å². The molecule has 0 unspecified atom stereocenters. The Bertz CT molecular complexity index is 803. The van der Waals surface area contributed by atoms with Gasteiger partial charge in [-0.2, -0.15) is 0 Å². The molecule has 0 amide bonds. The molecule has 3 rings (SSSR count). The van der Waals surface area contributed by atoms with Crippen LogP contribution in [-0.2, 0) is 0 Å². The van der Waals surface area contributed by atoms with Crippen molar-refractivity contribution < 1.29 is 4.84 Å². The van der Waals surface area contributed by atoms with Gasteiger partial charge in [-0.05, 0) is 23.9 Å². The Morgan fingerprint density at radius 2 is 1.72 bits per heavy atom. The molecule has 3 aromatic rings. The molecule has 18 heavy (non-hydrogen) atoms. The molecule has 0 radical (unpaired) electrons. The van der Waals surface area contributed by atoms with Crippen LogP contribution in [0.3, 0.4) is 0 Å². The van der Waals surface area contributed by atoms with Gasteiger partial charge in [-0.15, -0.1) is 4.73 Å². The molecule has 0 N–H and O–H groups in total. The van der Waals surface area contributed by atoms with E-state index in [1.807, 2.05) is 49.4 Å². The summed E-state index contributed by atoms with van der Waals surface area (Å²) in [6.07, 6.45) is 0. The molecule has 0 aliphatic carbocycles. The summed E-state index contributed by atoms with van der Waals surface area (Å²) < 4.78 is 1.35.